The van der Waals surface area contributed by atoms with Gasteiger partial charge in [-0.05, 0) is 41.8 Å². The smallest absolute Gasteiger partial charge is 0.253 e. The SMILES string of the molecule is COc1ccc(C(=O)NCc2nnc(SCC(=O)N3N=C(c4cccs4)C[C@@H]3c3cccc(OC)c3OC)n2C)cc1. The Kier molecular flexibility index (Phi) is 9.08. The maximum atomic E-state index is 13.6. The number of hydrogen-bond acceptors (Lipinski definition) is 10. The normalized spacial score (nSPS) is 14.4. The number of nitrogens with zero attached hydrogens (tertiary/aromatic N) is 5. The molecule has 5 rings (SSSR count). The number of thiophene rings is 1. The van der Waals surface area contributed by atoms with E-state index in [9.17, 15) is 9.59 Å². The summed E-state index contributed by atoms with van der Waals surface area (Å²) in [5, 5.41) is 20.1. The number of hydrogen-bond donors (Lipinski definition) is 1. The zero-order valence-electron chi connectivity index (χ0n) is 23.6. The Labute approximate surface area is 251 Å². The summed E-state index contributed by atoms with van der Waals surface area (Å²) in [7, 11) is 6.55. The molecule has 2 aromatic carbocycles. The number of thioether (sulfide) groups is 1. The Balaban J connectivity index is 1.28. The quantitative estimate of drug-likeness (QED) is 0.251. The summed E-state index contributed by atoms with van der Waals surface area (Å²) >= 11 is 2.84. The molecule has 0 radical (unpaired) electrons. The summed E-state index contributed by atoms with van der Waals surface area (Å²) in [5.41, 5.74) is 2.17. The van der Waals surface area contributed by atoms with Crippen LogP contribution in [0.4, 0.5) is 0 Å². The predicted octanol–water partition coefficient (Wildman–Crippen LogP) is 4.30. The lowest BCUT2D eigenvalue weighted by Crippen LogP contribution is -2.29. The molecule has 0 fully saturated rings. The number of carbonyl (C=O) groups excluding carboxylic acids is 2. The highest BCUT2D eigenvalue weighted by atomic mass is 32.2. The van der Waals surface area contributed by atoms with Gasteiger partial charge in [0.15, 0.2) is 22.5 Å². The number of rotatable bonds is 11. The van der Waals surface area contributed by atoms with Gasteiger partial charge < -0.3 is 24.1 Å². The minimum Gasteiger partial charge on any atom is -0.497 e. The molecule has 1 N–H and O–H groups in total. The lowest BCUT2D eigenvalue weighted by Gasteiger charge is -2.24. The van der Waals surface area contributed by atoms with E-state index in [4.69, 9.17) is 19.3 Å². The summed E-state index contributed by atoms with van der Waals surface area (Å²) in [4.78, 5) is 27.2. The summed E-state index contributed by atoms with van der Waals surface area (Å²) < 4.78 is 18.1. The molecule has 0 spiro atoms. The summed E-state index contributed by atoms with van der Waals surface area (Å²) in [5.74, 6) is 2.07. The predicted molar refractivity (Wildman–Crippen MR) is 160 cm³/mol. The van der Waals surface area contributed by atoms with E-state index < -0.39 is 0 Å². The van der Waals surface area contributed by atoms with Crippen LogP contribution in [0.25, 0.3) is 0 Å². The third-order valence-electron chi connectivity index (χ3n) is 6.77. The van der Waals surface area contributed by atoms with Crippen LogP contribution < -0.4 is 19.5 Å². The molecule has 0 unspecified atom stereocenters. The number of ether oxygens (including phenoxy) is 3. The summed E-state index contributed by atoms with van der Waals surface area (Å²) in [6.07, 6.45) is 0.544. The van der Waals surface area contributed by atoms with Gasteiger partial charge >= 0.3 is 0 Å². The van der Waals surface area contributed by atoms with Crippen LogP contribution in [0.5, 0.6) is 17.2 Å². The fourth-order valence-electron chi connectivity index (χ4n) is 4.57. The van der Waals surface area contributed by atoms with Gasteiger partial charge in [0.1, 0.15) is 5.75 Å². The number of para-hydroxylation sites is 1. The number of methoxy groups -OCH3 is 3. The van der Waals surface area contributed by atoms with Gasteiger partial charge in [-0.15, -0.1) is 21.5 Å². The molecule has 13 heteroatoms. The molecule has 0 saturated carbocycles. The van der Waals surface area contributed by atoms with Gasteiger partial charge in [-0.2, -0.15) is 5.10 Å². The molecule has 0 saturated heterocycles. The Morgan fingerprint density at radius 2 is 1.83 bits per heavy atom. The number of carbonyl (C=O) groups is 2. The standard InChI is InChI=1S/C29H30N6O5S2/c1-34-25(16-30-28(37)18-10-12-19(38-2)13-11-18)31-32-29(34)42-17-26(36)35-22(15-21(33-35)24-9-6-14-41-24)20-7-5-8-23(39-3)27(20)40-4/h5-14,22H,15-17H2,1-4H3,(H,30,37)/t22-/m1/s1. The van der Waals surface area contributed by atoms with E-state index in [1.165, 1.54) is 16.8 Å². The Morgan fingerprint density at radius 1 is 1.02 bits per heavy atom. The van der Waals surface area contributed by atoms with Crippen LogP contribution in [0.15, 0.2) is 70.2 Å². The van der Waals surface area contributed by atoms with E-state index in [2.05, 4.69) is 15.5 Å². The summed E-state index contributed by atoms with van der Waals surface area (Å²) in [6.45, 7) is 0.182. The molecule has 1 atom stereocenters. The number of aromatic nitrogens is 3. The first-order valence-corrected chi connectivity index (χ1v) is 14.9. The number of amides is 2. The van der Waals surface area contributed by atoms with Gasteiger partial charge in [0.05, 0.1) is 50.3 Å². The fraction of sp³-hybridized carbons (Fsp3) is 0.276. The minimum atomic E-state index is -0.358. The van der Waals surface area contributed by atoms with Crippen molar-refractivity contribution in [2.45, 2.75) is 24.2 Å². The van der Waals surface area contributed by atoms with Gasteiger partial charge in [0, 0.05) is 24.6 Å². The van der Waals surface area contributed by atoms with Crippen LogP contribution in [-0.2, 0) is 18.4 Å². The van der Waals surface area contributed by atoms with Crippen molar-refractivity contribution in [3.8, 4) is 17.2 Å². The maximum Gasteiger partial charge on any atom is 0.253 e. The molecule has 0 bridgehead atoms. The van der Waals surface area contributed by atoms with Crippen LogP contribution in [0.2, 0.25) is 0 Å². The average molecular weight is 607 g/mol. The van der Waals surface area contributed by atoms with Crippen molar-refractivity contribution in [1.29, 1.82) is 0 Å². The van der Waals surface area contributed by atoms with Crippen molar-refractivity contribution < 1.29 is 23.8 Å². The van der Waals surface area contributed by atoms with E-state index in [0.29, 0.717) is 40.2 Å². The van der Waals surface area contributed by atoms with Gasteiger partial charge in [0.2, 0.25) is 0 Å². The lowest BCUT2D eigenvalue weighted by molar-refractivity contribution is -0.130. The first kappa shape index (κ1) is 29.1. The molecular formula is C29H30N6O5S2. The Hall–Kier alpha value is -4.36. The van der Waals surface area contributed by atoms with Crippen molar-refractivity contribution in [3.05, 3.63) is 81.8 Å². The zero-order chi connectivity index (χ0) is 29.6. The van der Waals surface area contributed by atoms with Crippen LogP contribution in [-0.4, -0.2) is 64.4 Å². The average Bonchev–Trinajstić information content (AvgIpc) is 3.79. The van der Waals surface area contributed by atoms with Gasteiger partial charge in [-0.25, -0.2) is 5.01 Å². The topological polar surface area (TPSA) is 120 Å². The zero-order valence-corrected chi connectivity index (χ0v) is 25.2. The molecule has 4 aromatic rings. The van der Waals surface area contributed by atoms with E-state index in [0.717, 1.165) is 16.2 Å². The molecule has 2 aromatic heterocycles. The number of nitrogens with one attached hydrogen (secondary N) is 1. The lowest BCUT2D eigenvalue weighted by atomic mass is 9.99. The van der Waals surface area contributed by atoms with Gasteiger partial charge in [0.25, 0.3) is 11.8 Å². The van der Waals surface area contributed by atoms with Crippen LogP contribution >= 0.6 is 23.1 Å². The first-order chi connectivity index (χ1) is 20.4. The Bertz CT molecular complexity index is 1590. The highest BCUT2D eigenvalue weighted by Gasteiger charge is 2.36. The number of benzene rings is 2. The second-order valence-corrected chi connectivity index (χ2v) is 11.1. The second kappa shape index (κ2) is 13.1. The number of hydrazone groups is 1. The molecule has 218 valence electrons. The second-order valence-electron chi connectivity index (χ2n) is 9.22. The maximum absolute atomic E-state index is 13.6. The van der Waals surface area contributed by atoms with Crippen molar-refractivity contribution in [2.75, 3.05) is 27.1 Å². The molecule has 2 amide bonds. The fourth-order valence-corrected chi connectivity index (χ4v) is 6.07. The molecule has 1 aliphatic heterocycles. The van der Waals surface area contributed by atoms with Crippen molar-refractivity contribution in [1.82, 2.24) is 25.1 Å². The van der Waals surface area contributed by atoms with Crippen LogP contribution in [0.3, 0.4) is 0 Å². The van der Waals surface area contributed by atoms with E-state index in [1.807, 2.05) is 35.7 Å². The Morgan fingerprint density at radius 3 is 2.52 bits per heavy atom. The molecule has 3 heterocycles. The first-order valence-electron chi connectivity index (χ1n) is 13.0. The van der Waals surface area contributed by atoms with Gasteiger partial charge in [-0.1, -0.05) is 30.0 Å². The highest BCUT2D eigenvalue weighted by molar-refractivity contribution is 7.99. The monoisotopic (exact) mass is 606 g/mol. The molecule has 11 nitrogen and oxygen atoms in total. The van der Waals surface area contributed by atoms with Gasteiger partial charge in [-0.3, -0.25) is 9.59 Å². The van der Waals surface area contributed by atoms with E-state index in [1.54, 1.807) is 68.5 Å². The molecule has 1 aliphatic rings. The molecule has 0 aliphatic carbocycles. The molecule has 42 heavy (non-hydrogen) atoms. The van der Waals surface area contributed by atoms with Crippen molar-refractivity contribution in [3.63, 3.8) is 0 Å². The van der Waals surface area contributed by atoms with Crippen molar-refractivity contribution >= 4 is 40.6 Å². The largest absolute Gasteiger partial charge is 0.497 e. The van der Waals surface area contributed by atoms with E-state index >= 15 is 0 Å². The minimum absolute atomic E-state index is 0.0915. The summed E-state index contributed by atoms with van der Waals surface area (Å²) in [6, 6.07) is 16.1. The van der Waals surface area contributed by atoms with Crippen molar-refractivity contribution in [2.24, 2.45) is 12.1 Å². The molecular weight excluding hydrogens is 576 g/mol. The third-order valence-corrected chi connectivity index (χ3v) is 8.70. The van der Waals surface area contributed by atoms with Crippen LogP contribution in [0, 0.1) is 0 Å². The van der Waals surface area contributed by atoms with Crippen LogP contribution in [0.1, 0.15) is 39.1 Å². The van der Waals surface area contributed by atoms with E-state index in [-0.39, 0.29) is 30.2 Å². The third kappa shape index (κ3) is 6.11. The highest BCUT2D eigenvalue weighted by Crippen LogP contribution is 2.42.